The summed E-state index contributed by atoms with van der Waals surface area (Å²) in [4.78, 5) is 0. The molecule has 2 aliphatic carbocycles. The fourth-order valence-electron chi connectivity index (χ4n) is 7.42. The van der Waals surface area contributed by atoms with Gasteiger partial charge in [-0.25, -0.2) is 4.39 Å². The third kappa shape index (κ3) is 9.81. The van der Waals surface area contributed by atoms with Gasteiger partial charge in [0.15, 0.2) is 11.6 Å². The fourth-order valence-corrected chi connectivity index (χ4v) is 7.42. The average Bonchev–Trinajstić information content (AvgIpc) is 2.95. The zero-order valence-electron chi connectivity index (χ0n) is 25.1. The minimum atomic E-state index is -0.786. The third-order valence-corrected chi connectivity index (χ3v) is 10.1. The standard InChI is InChI=1S/C35H58F2O/c1-4-6-8-10-12-14-26-38-33-25-24-32(34(36)35(33)37)31-22-20-30(21-23-31)27(3)29-18-16-28(17-19-29)15-13-11-9-7-5-2/h24-25,27-31H,4-23,26H2,1-3H3. The molecule has 0 radical (unpaired) electrons. The van der Waals surface area contributed by atoms with Crippen LogP contribution in [0.1, 0.15) is 161 Å². The van der Waals surface area contributed by atoms with E-state index in [4.69, 9.17) is 4.74 Å². The van der Waals surface area contributed by atoms with Crippen LogP contribution in [0.25, 0.3) is 0 Å². The molecular formula is C35H58F2O. The molecule has 0 aliphatic heterocycles. The zero-order valence-corrected chi connectivity index (χ0v) is 25.1. The van der Waals surface area contributed by atoms with Gasteiger partial charge in [0.1, 0.15) is 0 Å². The Balaban J connectivity index is 1.38. The van der Waals surface area contributed by atoms with Gasteiger partial charge < -0.3 is 4.74 Å². The first-order valence-electron chi connectivity index (χ1n) is 16.7. The predicted octanol–water partition coefficient (Wildman–Crippen LogP) is 11.8. The van der Waals surface area contributed by atoms with Crippen molar-refractivity contribution in [2.24, 2.45) is 23.7 Å². The first-order chi connectivity index (χ1) is 18.5. The lowest BCUT2D eigenvalue weighted by Gasteiger charge is -2.39. The van der Waals surface area contributed by atoms with Crippen molar-refractivity contribution >= 4 is 0 Å². The summed E-state index contributed by atoms with van der Waals surface area (Å²) in [6, 6.07) is 3.47. The highest BCUT2D eigenvalue weighted by Gasteiger charge is 2.33. The van der Waals surface area contributed by atoms with Crippen molar-refractivity contribution in [1.82, 2.24) is 0 Å². The Kier molecular flexibility index (Phi) is 14.5. The van der Waals surface area contributed by atoms with Gasteiger partial charge in [-0.1, -0.05) is 110 Å². The van der Waals surface area contributed by atoms with Gasteiger partial charge in [-0.2, -0.15) is 4.39 Å². The lowest BCUT2D eigenvalue weighted by molar-refractivity contribution is 0.131. The van der Waals surface area contributed by atoms with Gasteiger partial charge in [0, 0.05) is 0 Å². The molecule has 0 heterocycles. The van der Waals surface area contributed by atoms with E-state index in [0.29, 0.717) is 12.2 Å². The van der Waals surface area contributed by atoms with Gasteiger partial charge >= 0.3 is 0 Å². The Bertz CT molecular complexity index is 761. The number of unbranched alkanes of at least 4 members (excludes halogenated alkanes) is 9. The van der Waals surface area contributed by atoms with Crippen molar-refractivity contribution in [2.75, 3.05) is 6.61 Å². The molecule has 0 N–H and O–H groups in total. The zero-order chi connectivity index (χ0) is 27.2. The number of ether oxygens (including phenoxy) is 1. The topological polar surface area (TPSA) is 9.23 Å². The highest BCUT2D eigenvalue weighted by molar-refractivity contribution is 5.33. The molecule has 2 aliphatic rings. The summed E-state index contributed by atoms with van der Waals surface area (Å²) >= 11 is 0. The van der Waals surface area contributed by atoms with Crippen LogP contribution in [0.5, 0.6) is 5.75 Å². The van der Waals surface area contributed by atoms with E-state index in [1.165, 1.54) is 89.9 Å². The number of hydrogen-bond donors (Lipinski definition) is 0. The van der Waals surface area contributed by atoms with E-state index in [-0.39, 0.29) is 11.7 Å². The van der Waals surface area contributed by atoms with E-state index in [2.05, 4.69) is 20.8 Å². The molecule has 0 bridgehead atoms. The lowest BCUT2D eigenvalue weighted by Crippen LogP contribution is -2.28. The van der Waals surface area contributed by atoms with E-state index in [9.17, 15) is 4.39 Å². The van der Waals surface area contributed by atoms with Crippen molar-refractivity contribution < 1.29 is 13.5 Å². The molecule has 3 heteroatoms. The normalized spacial score (nSPS) is 24.9. The molecular weight excluding hydrogens is 474 g/mol. The van der Waals surface area contributed by atoms with Crippen LogP contribution in [0.2, 0.25) is 0 Å². The maximum atomic E-state index is 15.0. The lowest BCUT2D eigenvalue weighted by atomic mass is 9.66. The monoisotopic (exact) mass is 532 g/mol. The quantitative estimate of drug-likeness (QED) is 0.181. The summed E-state index contributed by atoms with van der Waals surface area (Å²) in [5.74, 6) is 2.11. The number of rotatable bonds is 17. The Morgan fingerprint density at radius 3 is 1.87 bits per heavy atom. The van der Waals surface area contributed by atoms with Gasteiger partial charge in [-0.3, -0.25) is 0 Å². The first kappa shape index (κ1) is 31.4. The highest BCUT2D eigenvalue weighted by atomic mass is 19.2. The van der Waals surface area contributed by atoms with Crippen molar-refractivity contribution in [3.05, 3.63) is 29.3 Å². The summed E-state index contributed by atoms with van der Waals surface area (Å²) in [7, 11) is 0. The fraction of sp³-hybridized carbons (Fsp3) is 0.829. The smallest absolute Gasteiger partial charge is 0.200 e. The number of halogens is 2. The van der Waals surface area contributed by atoms with Crippen LogP contribution < -0.4 is 4.74 Å². The van der Waals surface area contributed by atoms with Crippen LogP contribution in [0.3, 0.4) is 0 Å². The number of hydrogen-bond acceptors (Lipinski definition) is 1. The van der Waals surface area contributed by atoms with Crippen LogP contribution in [-0.2, 0) is 0 Å². The van der Waals surface area contributed by atoms with Crippen molar-refractivity contribution in [1.29, 1.82) is 0 Å². The highest BCUT2D eigenvalue weighted by Crippen LogP contribution is 2.45. The Morgan fingerprint density at radius 1 is 0.684 bits per heavy atom. The van der Waals surface area contributed by atoms with Crippen molar-refractivity contribution in [3.8, 4) is 5.75 Å². The van der Waals surface area contributed by atoms with Crippen LogP contribution in [0.4, 0.5) is 8.78 Å². The molecule has 0 saturated heterocycles. The second kappa shape index (κ2) is 17.5. The predicted molar refractivity (Wildman–Crippen MR) is 158 cm³/mol. The summed E-state index contributed by atoms with van der Waals surface area (Å²) < 4.78 is 35.5. The van der Waals surface area contributed by atoms with E-state index >= 15 is 4.39 Å². The van der Waals surface area contributed by atoms with Crippen molar-refractivity contribution in [3.63, 3.8) is 0 Å². The second-order valence-corrected chi connectivity index (χ2v) is 12.9. The van der Waals surface area contributed by atoms with E-state index in [1.807, 2.05) is 0 Å². The van der Waals surface area contributed by atoms with E-state index in [0.717, 1.165) is 62.2 Å². The molecule has 2 saturated carbocycles. The molecule has 218 valence electrons. The molecule has 1 aromatic carbocycles. The number of benzene rings is 1. The van der Waals surface area contributed by atoms with E-state index in [1.54, 1.807) is 12.1 Å². The molecule has 0 spiro atoms. The summed E-state index contributed by atoms with van der Waals surface area (Å²) in [5.41, 5.74) is 0.569. The molecule has 38 heavy (non-hydrogen) atoms. The van der Waals surface area contributed by atoms with Crippen LogP contribution in [0.15, 0.2) is 12.1 Å². The van der Waals surface area contributed by atoms with Gasteiger partial charge in [-0.15, -0.1) is 0 Å². The van der Waals surface area contributed by atoms with Crippen LogP contribution in [0, 0.1) is 35.3 Å². The molecule has 0 amide bonds. The van der Waals surface area contributed by atoms with Crippen LogP contribution >= 0.6 is 0 Å². The molecule has 1 atom stereocenters. The Labute approximate surface area is 233 Å². The second-order valence-electron chi connectivity index (χ2n) is 12.9. The SMILES string of the molecule is CCCCCCCCOc1ccc(C2CCC(C(C)C3CCC(CCCCCCC)CC3)CC2)c(F)c1F. The molecule has 2 fully saturated rings. The molecule has 1 nitrogen and oxygen atoms in total. The molecule has 3 rings (SSSR count). The van der Waals surface area contributed by atoms with Crippen molar-refractivity contribution in [2.45, 2.75) is 155 Å². The molecule has 0 aromatic heterocycles. The van der Waals surface area contributed by atoms with Gasteiger partial charge in [0.05, 0.1) is 6.61 Å². The Morgan fingerprint density at radius 2 is 1.24 bits per heavy atom. The third-order valence-electron chi connectivity index (χ3n) is 10.1. The maximum Gasteiger partial charge on any atom is 0.200 e. The molecule has 1 unspecified atom stereocenters. The van der Waals surface area contributed by atoms with Gasteiger partial charge in [0.25, 0.3) is 0 Å². The molecule has 1 aromatic rings. The maximum absolute atomic E-state index is 15.0. The summed E-state index contributed by atoms with van der Waals surface area (Å²) in [6.07, 6.45) is 25.3. The van der Waals surface area contributed by atoms with E-state index < -0.39 is 11.6 Å². The van der Waals surface area contributed by atoms with Gasteiger partial charge in [-0.05, 0) is 86.2 Å². The first-order valence-corrected chi connectivity index (χ1v) is 16.7. The minimum absolute atomic E-state index is 0.0821. The average molecular weight is 533 g/mol. The summed E-state index contributed by atoms with van der Waals surface area (Å²) in [6.45, 7) is 7.44. The summed E-state index contributed by atoms with van der Waals surface area (Å²) in [5, 5.41) is 0. The van der Waals surface area contributed by atoms with Gasteiger partial charge in [0.2, 0.25) is 5.82 Å². The largest absolute Gasteiger partial charge is 0.490 e. The Hall–Kier alpha value is -1.12. The van der Waals surface area contributed by atoms with Crippen LogP contribution in [-0.4, -0.2) is 6.61 Å². The minimum Gasteiger partial charge on any atom is -0.490 e.